The van der Waals surface area contributed by atoms with Crippen LogP contribution in [0.4, 0.5) is 5.69 Å². The van der Waals surface area contributed by atoms with Gasteiger partial charge in [-0.1, -0.05) is 52.3 Å². The highest BCUT2D eigenvalue weighted by Gasteiger charge is 2.41. The number of benzene rings is 3. The van der Waals surface area contributed by atoms with Gasteiger partial charge in [-0.3, -0.25) is 24.6 Å². The Kier molecular flexibility index (Phi) is 4.99. The number of halogens is 1. The summed E-state index contributed by atoms with van der Waals surface area (Å²) in [5.41, 5.74) is 1.66. The lowest BCUT2D eigenvalue weighted by Gasteiger charge is -2.29. The van der Waals surface area contributed by atoms with E-state index in [9.17, 15) is 19.7 Å². The summed E-state index contributed by atoms with van der Waals surface area (Å²) < 4.78 is 12.7. The van der Waals surface area contributed by atoms with Crippen molar-refractivity contribution in [3.8, 4) is 5.75 Å². The van der Waals surface area contributed by atoms with E-state index in [4.69, 9.17) is 9.47 Å². The van der Waals surface area contributed by atoms with Gasteiger partial charge in [0.2, 0.25) is 6.29 Å². The molecule has 0 unspecified atom stereocenters. The molecule has 2 aliphatic heterocycles. The normalized spacial score (nSPS) is 17.0. The maximum atomic E-state index is 13.0. The van der Waals surface area contributed by atoms with Crippen molar-refractivity contribution in [2.24, 2.45) is 0 Å². The van der Waals surface area contributed by atoms with Gasteiger partial charge in [0.25, 0.3) is 17.5 Å². The summed E-state index contributed by atoms with van der Waals surface area (Å²) in [6, 6.07) is 17.1. The van der Waals surface area contributed by atoms with E-state index in [-0.39, 0.29) is 30.0 Å². The van der Waals surface area contributed by atoms with Crippen LogP contribution in [-0.2, 0) is 17.9 Å². The molecule has 2 heterocycles. The second-order valence-electron chi connectivity index (χ2n) is 7.38. The quantitative estimate of drug-likeness (QED) is 0.294. The predicted molar refractivity (Wildman–Crippen MR) is 116 cm³/mol. The van der Waals surface area contributed by atoms with Gasteiger partial charge in [0.05, 0.1) is 23.6 Å². The number of hydrogen-bond acceptors (Lipinski definition) is 6. The Morgan fingerprint density at radius 2 is 1.84 bits per heavy atom. The molecule has 0 fully saturated rings. The molecule has 0 aliphatic carbocycles. The standard InChI is InChI=1S/C23H15BrN2O6/c24-16-9-14(20-15(10-16)12-31-23(32-20)13-5-2-1-3-6-13)11-25-21(27)17-7-4-8-18(26(29)30)19(17)22(25)28/h1-10,23H,11-12H2/t23-/m1/s1. The fourth-order valence-electron chi connectivity index (χ4n) is 3.95. The molecule has 0 spiro atoms. The van der Waals surface area contributed by atoms with E-state index in [1.54, 1.807) is 6.07 Å². The highest BCUT2D eigenvalue weighted by atomic mass is 79.9. The lowest BCUT2D eigenvalue weighted by atomic mass is 10.1. The molecule has 32 heavy (non-hydrogen) atoms. The van der Waals surface area contributed by atoms with Crippen LogP contribution in [0.15, 0.2) is 65.1 Å². The first-order chi connectivity index (χ1) is 15.4. The van der Waals surface area contributed by atoms with Crippen molar-refractivity contribution >= 4 is 33.4 Å². The predicted octanol–water partition coefficient (Wildman–Crippen LogP) is 4.76. The number of carbonyl (C=O) groups excluding carboxylic acids is 2. The summed E-state index contributed by atoms with van der Waals surface area (Å²) in [5.74, 6) is -0.744. The third-order valence-corrected chi connectivity index (χ3v) is 5.85. The van der Waals surface area contributed by atoms with Gasteiger partial charge in [-0.05, 0) is 18.2 Å². The average molecular weight is 495 g/mol. The second kappa shape index (κ2) is 7.85. The highest BCUT2D eigenvalue weighted by molar-refractivity contribution is 9.10. The smallest absolute Gasteiger partial charge is 0.282 e. The minimum atomic E-state index is -0.697. The summed E-state index contributed by atoms with van der Waals surface area (Å²) >= 11 is 3.45. The molecular formula is C23H15BrN2O6. The number of rotatable bonds is 4. The number of fused-ring (bicyclic) bond motifs is 2. The van der Waals surface area contributed by atoms with Gasteiger partial charge in [0, 0.05) is 27.2 Å². The number of imide groups is 1. The number of nitrogens with zero attached hydrogens (tertiary/aromatic N) is 2. The van der Waals surface area contributed by atoms with Crippen LogP contribution in [0.25, 0.3) is 0 Å². The van der Waals surface area contributed by atoms with E-state index in [1.165, 1.54) is 18.2 Å². The largest absolute Gasteiger partial charge is 0.460 e. The van der Waals surface area contributed by atoms with Gasteiger partial charge < -0.3 is 9.47 Å². The summed E-state index contributed by atoms with van der Waals surface area (Å²) in [6.45, 7) is 0.196. The average Bonchev–Trinajstić information content (AvgIpc) is 3.04. The third kappa shape index (κ3) is 3.35. The van der Waals surface area contributed by atoms with E-state index >= 15 is 0 Å². The van der Waals surface area contributed by atoms with Crippen molar-refractivity contribution in [2.75, 3.05) is 0 Å². The van der Waals surface area contributed by atoms with Crippen molar-refractivity contribution in [1.29, 1.82) is 0 Å². The lowest BCUT2D eigenvalue weighted by Crippen LogP contribution is -2.30. The van der Waals surface area contributed by atoms with E-state index < -0.39 is 23.0 Å². The van der Waals surface area contributed by atoms with Gasteiger partial charge in [-0.15, -0.1) is 0 Å². The summed E-state index contributed by atoms with van der Waals surface area (Å²) in [7, 11) is 0. The number of nitro groups is 1. The van der Waals surface area contributed by atoms with Crippen LogP contribution in [0.5, 0.6) is 5.75 Å². The first kappa shape index (κ1) is 20.3. The minimum Gasteiger partial charge on any atom is -0.460 e. The first-order valence-electron chi connectivity index (χ1n) is 9.72. The molecule has 0 N–H and O–H groups in total. The zero-order valence-corrected chi connectivity index (χ0v) is 18.1. The van der Waals surface area contributed by atoms with Gasteiger partial charge in [-0.2, -0.15) is 0 Å². The summed E-state index contributed by atoms with van der Waals surface area (Å²) in [4.78, 5) is 37.7. The Bertz CT molecular complexity index is 1280. The number of carbonyl (C=O) groups is 2. The maximum absolute atomic E-state index is 13.0. The zero-order chi connectivity index (χ0) is 22.4. The fraction of sp³-hybridized carbons (Fsp3) is 0.130. The molecule has 0 saturated heterocycles. The molecule has 5 rings (SSSR count). The fourth-order valence-corrected chi connectivity index (χ4v) is 4.50. The SMILES string of the molecule is O=C1c2cccc([N+](=O)[O-])c2C(=O)N1Cc1cc(Br)cc2c1O[C@H](c1ccccc1)OC2. The molecule has 3 aromatic carbocycles. The van der Waals surface area contributed by atoms with Crippen LogP contribution in [-0.4, -0.2) is 21.6 Å². The molecule has 0 radical (unpaired) electrons. The van der Waals surface area contributed by atoms with Crippen LogP contribution < -0.4 is 4.74 Å². The first-order valence-corrected chi connectivity index (χ1v) is 10.5. The Morgan fingerprint density at radius 3 is 2.59 bits per heavy atom. The van der Waals surface area contributed by atoms with E-state index in [2.05, 4.69) is 15.9 Å². The van der Waals surface area contributed by atoms with Crippen LogP contribution in [0.1, 0.15) is 43.7 Å². The molecule has 0 saturated carbocycles. The van der Waals surface area contributed by atoms with Crippen LogP contribution in [0.2, 0.25) is 0 Å². The van der Waals surface area contributed by atoms with Gasteiger partial charge in [0.15, 0.2) is 0 Å². The van der Waals surface area contributed by atoms with Crippen molar-refractivity contribution in [3.05, 3.63) is 103 Å². The summed E-state index contributed by atoms with van der Waals surface area (Å²) in [5, 5.41) is 11.4. The van der Waals surface area contributed by atoms with E-state index in [1.807, 2.05) is 36.4 Å². The number of nitro benzene ring substituents is 1. The van der Waals surface area contributed by atoms with Crippen molar-refractivity contribution in [2.45, 2.75) is 19.4 Å². The Hall–Kier alpha value is -3.56. The van der Waals surface area contributed by atoms with Crippen LogP contribution in [0, 0.1) is 10.1 Å². The van der Waals surface area contributed by atoms with Crippen LogP contribution in [0.3, 0.4) is 0 Å². The van der Waals surface area contributed by atoms with Crippen LogP contribution >= 0.6 is 15.9 Å². The zero-order valence-electron chi connectivity index (χ0n) is 16.5. The van der Waals surface area contributed by atoms with Crippen molar-refractivity contribution in [3.63, 3.8) is 0 Å². The van der Waals surface area contributed by atoms with Gasteiger partial charge in [-0.25, -0.2) is 0 Å². The monoisotopic (exact) mass is 494 g/mol. The topological polar surface area (TPSA) is 99.0 Å². The lowest BCUT2D eigenvalue weighted by molar-refractivity contribution is -0.385. The van der Waals surface area contributed by atoms with Gasteiger partial charge in [0.1, 0.15) is 11.3 Å². The van der Waals surface area contributed by atoms with Crippen molar-refractivity contribution < 1.29 is 24.0 Å². The highest BCUT2D eigenvalue weighted by Crippen LogP contribution is 2.40. The molecule has 2 aliphatic rings. The van der Waals surface area contributed by atoms with E-state index in [0.717, 1.165) is 20.5 Å². The Morgan fingerprint density at radius 1 is 1.06 bits per heavy atom. The molecule has 8 nitrogen and oxygen atoms in total. The maximum Gasteiger partial charge on any atom is 0.282 e. The molecule has 9 heteroatoms. The molecule has 3 aromatic rings. The molecule has 160 valence electrons. The molecule has 1 atom stereocenters. The number of amides is 2. The number of ether oxygens (including phenoxy) is 2. The minimum absolute atomic E-state index is 0.0273. The number of hydrogen-bond donors (Lipinski definition) is 0. The van der Waals surface area contributed by atoms with Gasteiger partial charge >= 0.3 is 0 Å². The van der Waals surface area contributed by atoms with E-state index in [0.29, 0.717) is 11.3 Å². The molecule has 0 aromatic heterocycles. The third-order valence-electron chi connectivity index (χ3n) is 5.40. The molecule has 2 amide bonds. The Balaban J connectivity index is 1.50. The molecular weight excluding hydrogens is 480 g/mol. The second-order valence-corrected chi connectivity index (χ2v) is 8.29. The van der Waals surface area contributed by atoms with Crippen molar-refractivity contribution in [1.82, 2.24) is 4.90 Å². The molecule has 0 bridgehead atoms. The Labute approximate surface area is 190 Å². The summed E-state index contributed by atoms with van der Waals surface area (Å²) in [6.07, 6.45) is -0.633.